The number of amides is 1. The van der Waals surface area contributed by atoms with Crippen LogP contribution in [0.5, 0.6) is 11.5 Å². The van der Waals surface area contributed by atoms with Crippen LogP contribution in [0.1, 0.15) is 17.3 Å². The molecule has 0 saturated heterocycles. The number of benzene rings is 1. The van der Waals surface area contributed by atoms with E-state index in [2.05, 4.69) is 0 Å². The fourth-order valence-electron chi connectivity index (χ4n) is 1.19. The minimum absolute atomic E-state index is 0.157. The Bertz CT molecular complexity index is 376. The van der Waals surface area contributed by atoms with Gasteiger partial charge in [-0.2, -0.15) is 0 Å². The second-order valence-corrected chi connectivity index (χ2v) is 3.39. The number of carbonyl (C=O) groups excluding carboxylic acids is 1. The van der Waals surface area contributed by atoms with Gasteiger partial charge in [0.25, 0.3) is 5.91 Å². The SMILES string of the molecule is COc1ccc(OCC(C)O)cc1C(N)=O. The number of aliphatic hydroxyl groups is 1. The molecule has 3 N–H and O–H groups in total. The van der Waals surface area contributed by atoms with Crippen molar-refractivity contribution in [2.45, 2.75) is 13.0 Å². The third-order valence-electron chi connectivity index (χ3n) is 1.93. The first-order chi connectivity index (χ1) is 7.54. The lowest BCUT2D eigenvalue weighted by Crippen LogP contribution is -2.15. The van der Waals surface area contributed by atoms with Crippen LogP contribution in [0, 0.1) is 0 Å². The summed E-state index contributed by atoms with van der Waals surface area (Å²) in [5.74, 6) is 0.284. The van der Waals surface area contributed by atoms with Gasteiger partial charge in [-0.05, 0) is 25.1 Å². The van der Waals surface area contributed by atoms with Crippen molar-refractivity contribution in [3.63, 3.8) is 0 Å². The molecule has 0 aromatic heterocycles. The van der Waals surface area contributed by atoms with Gasteiger partial charge < -0.3 is 20.3 Å². The van der Waals surface area contributed by atoms with Crippen LogP contribution in [0.3, 0.4) is 0 Å². The molecule has 1 aromatic rings. The Morgan fingerprint density at radius 3 is 2.75 bits per heavy atom. The van der Waals surface area contributed by atoms with Crippen molar-refractivity contribution in [1.29, 1.82) is 0 Å². The first-order valence-corrected chi connectivity index (χ1v) is 4.83. The molecule has 1 amide bonds. The van der Waals surface area contributed by atoms with Crippen LogP contribution in [0.4, 0.5) is 0 Å². The van der Waals surface area contributed by atoms with Crippen molar-refractivity contribution in [2.75, 3.05) is 13.7 Å². The summed E-state index contributed by atoms with van der Waals surface area (Å²) in [4.78, 5) is 11.1. The fraction of sp³-hybridized carbons (Fsp3) is 0.364. The monoisotopic (exact) mass is 225 g/mol. The quantitative estimate of drug-likeness (QED) is 0.766. The molecule has 0 fully saturated rings. The van der Waals surface area contributed by atoms with E-state index in [1.165, 1.54) is 13.2 Å². The van der Waals surface area contributed by atoms with Crippen LogP contribution in [0.15, 0.2) is 18.2 Å². The normalized spacial score (nSPS) is 11.9. The molecular formula is C11H15NO4. The molecule has 0 radical (unpaired) electrons. The molecule has 1 aromatic carbocycles. The molecule has 0 saturated carbocycles. The maximum atomic E-state index is 11.1. The van der Waals surface area contributed by atoms with E-state index in [1.54, 1.807) is 19.1 Å². The number of methoxy groups -OCH3 is 1. The number of nitrogens with two attached hydrogens (primary N) is 1. The van der Waals surface area contributed by atoms with E-state index in [1.807, 2.05) is 0 Å². The number of aliphatic hydroxyl groups excluding tert-OH is 1. The van der Waals surface area contributed by atoms with E-state index in [-0.39, 0.29) is 12.2 Å². The zero-order valence-electron chi connectivity index (χ0n) is 9.27. The number of carbonyl (C=O) groups is 1. The van der Waals surface area contributed by atoms with Crippen LogP contribution in [0.25, 0.3) is 0 Å². The van der Waals surface area contributed by atoms with Crippen molar-refractivity contribution in [3.8, 4) is 11.5 Å². The van der Waals surface area contributed by atoms with Gasteiger partial charge in [-0.3, -0.25) is 4.79 Å². The summed E-state index contributed by atoms with van der Waals surface area (Å²) in [5, 5.41) is 9.05. The fourth-order valence-corrected chi connectivity index (χ4v) is 1.19. The van der Waals surface area contributed by atoms with Crippen molar-refractivity contribution >= 4 is 5.91 Å². The second kappa shape index (κ2) is 5.37. The average molecular weight is 225 g/mol. The summed E-state index contributed by atoms with van der Waals surface area (Å²) < 4.78 is 10.2. The molecule has 0 bridgehead atoms. The number of ether oxygens (including phenoxy) is 2. The van der Waals surface area contributed by atoms with Gasteiger partial charge in [-0.1, -0.05) is 0 Å². The van der Waals surface area contributed by atoms with Gasteiger partial charge in [-0.15, -0.1) is 0 Å². The summed E-state index contributed by atoms with van der Waals surface area (Å²) >= 11 is 0. The smallest absolute Gasteiger partial charge is 0.252 e. The second-order valence-electron chi connectivity index (χ2n) is 3.39. The number of hydrogen-bond donors (Lipinski definition) is 2. The van der Waals surface area contributed by atoms with E-state index < -0.39 is 12.0 Å². The first kappa shape index (κ1) is 12.3. The molecule has 16 heavy (non-hydrogen) atoms. The minimum Gasteiger partial charge on any atom is -0.496 e. The van der Waals surface area contributed by atoms with Gasteiger partial charge in [0, 0.05) is 0 Å². The Balaban J connectivity index is 2.89. The summed E-state index contributed by atoms with van der Waals surface area (Å²) in [6, 6.07) is 4.73. The van der Waals surface area contributed by atoms with Crippen LogP contribution in [0.2, 0.25) is 0 Å². The number of hydrogen-bond acceptors (Lipinski definition) is 4. The maximum absolute atomic E-state index is 11.1. The van der Waals surface area contributed by atoms with Crippen LogP contribution in [-0.2, 0) is 0 Å². The molecular weight excluding hydrogens is 210 g/mol. The Morgan fingerprint density at radius 2 is 2.25 bits per heavy atom. The zero-order valence-corrected chi connectivity index (χ0v) is 9.27. The standard InChI is InChI=1S/C11H15NO4/c1-7(13)6-16-8-3-4-10(15-2)9(5-8)11(12)14/h3-5,7,13H,6H2,1-2H3,(H2,12,14). The van der Waals surface area contributed by atoms with E-state index in [0.717, 1.165) is 0 Å². The van der Waals surface area contributed by atoms with Gasteiger partial charge in [0.15, 0.2) is 0 Å². The molecule has 5 heteroatoms. The highest BCUT2D eigenvalue weighted by molar-refractivity contribution is 5.96. The van der Waals surface area contributed by atoms with E-state index in [9.17, 15) is 4.79 Å². The third kappa shape index (κ3) is 3.13. The maximum Gasteiger partial charge on any atom is 0.252 e. The summed E-state index contributed by atoms with van der Waals surface area (Å²) in [6.07, 6.45) is -0.570. The lowest BCUT2D eigenvalue weighted by molar-refractivity contribution is 0.0996. The summed E-state index contributed by atoms with van der Waals surface area (Å²) in [6.45, 7) is 1.77. The average Bonchev–Trinajstić information content (AvgIpc) is 2.25. The van der Waals surface area contributed by atoms with Gasteiger partial charge >= 0.3 is 0 Å². The Hall–Kier alpha value is -1.75. The largest absolute Gasteiger partial charge is 0.496 e. The van der Waals surface area contributed by atoms with Crippen LogP contribution >= 0.6 is 0 Å². The molecule has 0 aliphatic rings. The van der Waals surface area contributed by atoms with Gasteiger partial charge in [0.05, 0.1) is 18.8 Å². The van der Waals surface area contributed by atoms with Gasteiger partial charge in [-0.25, -0.2) is 0 Å². The molecule has 0 heterocycles. The number of primary amides is 1. The first-order valence-electron chi connectivity index (χ1n) is 4.83. The summed E-state index contributed by atoms with van der Waals surface area (Å²) in [5.41, 5.74) is 5.45. The third-order valence-corrected chi connectivity index (χ3v) is 1.93. The van der Waals surface area contributed by atoms with Gasteiger partial charge in [0.2, 0.25) is 0 Å². The zero-order chi connectivity index (χ0) is 12.1. The molecule has 5 nitrogen and oxygen atoms in total. The molecule has 1 unspecified atom stereocenters. The molecule has 88 valence electrons. The van der Waals surface area contributed by atoms with Crippen molar-refractivity contribution in [3.05, 3.63) is 23.8 Å². The lowest BCUT2D eigenvalue weighted by Gasteiger charge is -2.10. The van der Waals surface area contributed by atoms with Gasteiger partial charge in [0.1, 0.15) is 18.1 Å². The van der Waals surface area contributed by atoms with E-state index >= 15 is 0 Å². The predicted molar refractivity (Wildman–Crippen MR) is 58.7 cm³/mol. The number of rotatable bonds is 5. The Morgan fingerprint density at radius 1 is 1.56 bits per heavy atom. The highest BCUT2D eigenvalue weighted by Crippen LogP contribution is 2.23. The lowest BCUT2D eigenvalue weighted by atomic mass is 10.2. The van der Waals surface area contributed by atoms with Crippen LogP contribution < -0.4 is 15.2 Å². The van der Waals surface area contributed by atoms with Crippen LogP contribution in [-0.4, -0.2) is 30.8 Å². The highest BCUT2D eigenvalue weighted by Gasteiger charge is 2.10. The van der Waals surface area contributed by atoms with Crippen molar-refractivity contribution in [1.82, 2.24) is 0 Å². The highest BCUT2D eigenvalue weighted by atomic mass is 16.5. The predicted octanol–water partition coefficient (Wildman–Crippen LogP) is 0.554. The molecule has 1 rings (SSSR count). The molecule has 0 spiro atoms. The molecule has 0 aliphatic heterocycles. The Kier molecular flexibility index (Phi) is 4.13. The van der Waals surface area contributed by atoms with E-state index in [4.69, 9.17) is 20.3 Å². The minimum atomic E-state index is -0.584. The van der Waals surface area contributed by atoms with Crippen molar-refractivity contribution < 1.29 is 19.4 Å². The van der Waals surface area contributed by atoms with Crippen molar-refractivity contribution in [2.24, 2.45) is 5.73 Å². The summed E-state index contributed by atoms with van der Waals surface area (Å²) in [7, 11) is 1.46. The van der Waals surface area contributed by atoms with E-state index in [0.29, 0.717) is 11.5 Å². The molecule has 0 aliphatic carbocycles. The topological polar surface area (TPSA) is 81.8 Å². The Labute approximate surface area is 93.8 Å². The molecule has 1 atom stereocenters.